The van der Waals surface area contributed by atoms with Crippen LogP contribution < -0.4 is 10.1 Å². The SMILES string of the molecule is CCc1ccc(S(=O)(=O)O)c(Cl)c1N=Nc1c(O)c(C(=O)Nc2cc(Cl)cc(OC)c2)cc2ccccc12. The average molecular weight is 574 g/mol. The summed E-state index contributed by atoms with van der Waals surface area (Å²) in [5.41, 5.74) is 0.779. The van der Waals surface area contributed by atoms with E-state index >= 15 is 0 Å². The van der Waals surface area contributed by atoms with Crippen LogP contribution in [0.15, 0.2) is 75.8 Å². The zero-order valence-corrected chi connectivity index (χ0v) is 22.4. The van der Waals surface area contributed by atoms with Crippen molar-refractivity contribution < 1.29 is 27.6 Å². The Kier molecular flexibility index (Phi) is 7.89. The molecule has 4 aromatic carbocycles. The first-order valence-electron chi connectivity index (χ1n) is 11.1. The molecule has 9 nitrogen and oxygen atoms in total. The van der Waals surface area contributed by atoms with Gasteiger partial charge in [0.05, 0.1) is 17.7 Å². The molecule has 38 heavy (non-hydrogen) atoms. The minimum atomic E-state index is -4.62. The zero-order chi connectivity index (χ0) is 27.6. The molecule has 0 aliphatic heterocycles. The summed E-state index contributed by atoms with van der Waals surface area (Å²) >= 11 is 12.4. The molecule has 196 valence electrons. The molecule has 0 radical (unpaired) electrons. The number of fused-ring (bicyclic) bond motifs is 1. The maximum atomic E-state index is 13.2. The topological polar surface area (TPSA) is 138 Å². The van der Waals surface area contributed by atoms with Gasteiger partial charge in [0.15, 0.2) is 5.75 Å². The first-order chi connectivity index (χ1) is 18.0. The van der Waals surface area contributed by atoms with E-state index in [0.29, 0.717) is 39.2 Å². The highest BCUT2D eigenvalue weighted by Crippen LogP contribution is 2.42. The molecule has 4 rings (SSSR count). The molecule has 0 fully saturated rings. The van der Waals surface area contributed by atoms with Crippen LogP contribution in [-0.2, 0) is 16.5 Å². The number of aryl methyl sites for hydroxylation is 1. The first-order valence-corrected chi connectivity index (χ1v) is 13.3. The standard InChI is InChI=1S/C26H21Cl2N3O6S/c1-3-14-8-9-21(38(34,35)36)22(28)23(14)30-31-24-19-7-5-4-6-15(19)10-20(25(24)32)26(33)29-17-11-16(27)12-18(13-17)37-2/h4-13,32H,3H2,1-2H3,(H,29,33)(H,34,35,36). The number of benzene rings is 4. The second kappa shape index (κ2) is 11.0. The predicted octanol–water partition coefficient (Wildman–Crippen LogP) is 7.34. The number of amides is 1. The average Bonchev–Trinajstić information content (AvgIpc) is 2.87. The van der Waals surface area contributed by atoms with Crippen LogP contribution in [-0.4, -0.2) is 31.1 Å². The van der Waals surface area contributed by atoms with E-state index in [2.05, 4.69) is 15.5 Å². The molecular weight excluding hydrogens is 553 g/mol. The van der Waals surface area contributed by atoms with Crippen LogP contribution in [0, 0.1) is 0 Å². The number of azo groups is 1. The number of phenols is 1. The van der Waals surface area contributed by atoms with E-state index in [1.165, 1.54) is 31.4 Å². The molecule has 0 aliphatic carbocycles. The number of anilines is 1. The van der Waals surface area contributed by atoms with E-state index in [1.54, 1.807) is 43.3 Å². The number of carbonyl (C=O) groups excluding carboxylic acids is 1. The van der Waals surface area contributed by atoms with Gasteiger partial charge < -0.3 is 15.2 Å². The quantitative estimate of drug-likeness (QED) is 0.156. The molecule has 0 unspecified atom stereocenters. The molecule has 0 aromatic heterocycles. The first kappa shape index (κ1) is 27.3. The van der Waals surface area contributed by atoms with Crippen molar-refractivity contribution >= 4 is 67.1 Å². The van der Waals surface area contributed by atoms with Gasteiger partial charge >= 0.3 is 0 Å². The summed E-state index contributed by atoms with van der Waals surface area (Å²) in [5, 5.41) is 23.2. The van der Waals surface area contributed by atoms with Crippen molar-refractivity contribution in [3.63, 3.8) is 0 Å². The molecule has 0 atom stereocenters. The van der Waals surface area contributed by atoms with Gasteiger partial charge in [-0.15, -0.1) is 10.2 Å². The van der Waals surface area contributed by atoms with E-state index < -0.39 is 26.7 Å². The lowest BCUT2D eigenvalue weighted by atomic mass is 10.0. The van der Waals surface area contributed by atoms with Crippen molar-refractivity contribution in [3.8, 4) is 11.5 Å². The summed E-state index contributed by atoms with van der Waals surface area (Å²) in [4.78, 5) is 12.7. The number of halogens is 2. The minimum Gasteiger partial charge on any atom is -0.505 e. The maximum absolute atomic E-state index is 13.2. The Bertz CT molecular complexity index is 1710. The molecule has 12 heteroatoms. The Labute approximate surface area is 228 Å². The lowest BCUT2D eigenvalue weighted by Crippen LogP contribution is -2.12. The molecule has 0 bridgehead atoms. The Morgan fingerprint density at radius 3 is 2.42 bits per heavy atom. The minimum absolute atomic E-state index is 0.00801. The number of aromatic hydroxyl groups is 1. The molecule has 0 spiro atoms. The van der Waals surface area contributed by atoms with E-state index in [9.17, 15) is 22.9 Å². The zero-order valence-electron chi connectivity index (χ0n) is 20.1. The molecular formula is C26H21Cl2N3O6S. The summed E-state index contributed by atoms with van der Waals surface area (Å²) in [5.74, 6) is -0.672. The second-order valence-corrected chi connectivity index (χ2v) is 10.3. The second-order valence-electron chi connectivity index (χ2n) is 8.09. The lowest BCUT2D eigenvalue weighted by molar-refractivity contribution is 0.102. The number of carbonyl (C=O) groups is 1. The number of rotatable bonds is 7. The molecule has 1 amide bonds. The van der Waals surface area contributed by atoms with E-state index in [1.807, 2.05) is 0 Å². The third-order valence-corrected chi connectivity index (χ3v) is 7.29. The van der Waals surface area contributed by atoms with Gasteiger partial charge in [-0.3, -0.25) is 9.35 Å². The largest absolute Gasteiger partial charge is 0.505 e. The van der Waals surface area contributed by atoms with Gasteiger partial charge in [0.1, 0.15) is 22.0 Å². The highest BCUT2D eigenvalue weighted by molar-refractivity contribution is 7.86. The van der Waals surface area contributed by atoms with Crippen LogP contribution in [0.4, 0.5) is 17.1 Å². The molecule has 0 aliphatic rings. The fraction of sp³-hybridized carbons (Fsp3) is 0.115. The van der Waals surface area contributed by atoms with Gasteiger partial charge in [-0.25, -0.2) is 0 Å². The van der Waals surface area contributed by atoms with Crippen molar-refractivity contribution in [1.82, 2.24) is 0 Å². The van der Waals surface area contributed by atoms with Gasteiger partial charge in [0, 0.05) is 22.2 Å². The van der Waals surface area contributed by atoms with E-state index in [-0.39, 0.29) is 22.0 Å². The van der Waals surface area contributed by atoms with Crippen LogP contribution in [0.1, 0.15) is 22.8 Å². The lowest BCUT2D eigenvalue weighted by Gasteiger charge is -2.12. The van der Waals surface area contributed by atoms with E-state index in [0.717, 1.165) is 0 Å². The van der Waals surface area contributed by atoms with Crippen molar-refractivity contribution in [3.05, 3.63) is 81.8 Å². The third-order valence-electron chi connectivity index (χ3n) is 5.68. The summed E-state index contributed by atoms with van der Waals surface area (Å²) in [6.07, 6.45) is 0.429. The number of nitrogens with zero attached hydrogens (tertiary/aromatic N) is 2. The Morgan fingerprint density at radius 1 is 1.03 bits per heavy atom. The molecule has 0 saturated carbocycles. The predicted molar refractivity (Wildman–Crippen MR) is 146 cm³/mol. The Morgan fingerprint density at radius 2 is 1.74 bits per heavy atom. The monoisotopic (exact) mass is 573 g/mol. The number of hydrogen-bond acceptors (Lipinski definition) is 7. The number of hydrogen-bond donors (Lipinski definition) is 3. The van der Waals surface area contributed by atoms with Gasteiger partial charge in [-0.2, -0.15) is 8.42 Å². The molecule has 4 aromatic rings. The van der Waals surface area contributed by atoms with Crippen LogP contribution in [0.25, 0.3) is 10.8 Å². The number of methoxy groups -OCH3 is 1. The van der Waals surface area contributed by atoms with Gasteiger partial charge in [0.25, 0.3) is 16.0 Å². The Balaban J connectivity index is 1.84. The third kappa shape index (κ3) is 5.58. The van der Waals surface area contributed by atoms with E-state index in [4.69, 9.17) is 27.9 Å². The number of ether oxygens (including phenoxy) is 1. The van der Waals surface area contributed by atoms with Crippen molar-refractivity contribution in [2.75, 3.05) is 12.4 Å². The summed E-state index contributed by atoms with van der Waals surface area (Å²) in [7, 11) is -3.15. The fourth-order valence-electron chi connectivity index (χ4n) is 3.82. The maximum Gasteiger partial charge on any atom is 0.296 e. The number of phenolic OH excluding ortho intramolecular Hbond substituents is 1. The van der Waals surface area contributed by atoms with Crippen LogP contribution >= 0.6 is 23.2 Å². The smallest absolute Gasteiger partial charge is 0.296 e. The van der Waals surface area contributed by atoms with Crippen LogP contribution in [0.5, 0.6) is 11.5 Å². The van der Waals surface area contributed by atoms with Crippen molar-refractivity contribution in [1.29, 1.82) is 0 Å². The Hall–Kier alpha value is -3.70. The number of nitrogens with one attached hydrogen (secondary N) is 1. The highest BCUT2D eigenvalue weighted by atomic mass is 35.5. The van der Waals surface area contributed by atoms with Crippen molar-refractivity contribution in [2.45, 2.75) is 18.2 Å². The van der Waals surface area contributed by atoms with Gasteiger partial charge in [-0.05, 0) is 41.6 Å². The molecule has 0 saturated heterocycles. The summed E-state index contributed by atoms with van der Waals surface area (Å²) in [6.45, 7) is 1.81. The summed E-state index contributed by atoms with van der Waals surface area (Å²) in [6, 6.07) is 15.7. The normalized spacial score (nSPS) is 11.7. The van der Waals surface area contributed by atoms with Gasteiger partial charge in [-0.1, -0.05) is 60.5 Å². The molecule has 3 N–H and O–H groups in total. The highest BCUT2D eigenvalue weighted by Gasteiger charge is 2.22. The van der Waals surface area contributed by atoms with Gasteiger partial charge in [0.2, 0.25) is 0 Å². The van der Waals surface area contributed by atoms with Crippen LogP contribution in [0.3, 0.4) is 0 Å². The van der Waals surface area contributed by atoms with Crippen molar-refractivity contribution in [2.24, 2.45) is 10.2 Å². The fourth-order valence-corrected chi connectivity index (χ4v) is 5.12. The summed E-state index contributed by atoms with van der Waals surface area (Å²) < 4.78 is 38.2. The molecule has 0 heterocycles. The van der Waals surface area contributed by atoms with Crippen LogP contribution in [0.2, 0.25) is 10.0 Å².